The second-order valence-electron chi connectivity index (χ2n) is 3.98. The summed E-state index contributed by atoms with van der Waals surface area (Å²) in [6.45, 7) is 5.06. The molecule has 0 aromatic rings. The number of likely N-dealkylation sites (N-methyl/N-ethyl adjacent to an activating group) is 1. The third-order valence-corrected chi connectivity index (χ3v) is 3.15. The molecule has 2 saturated heterocycles. The molecule has 0 aromatic heterocycles. The molecule has 2 unspecified atom stereocenters. The Morgan fingerprint density at radius 2 is 2.17 bits per heavy atom. The molecule has 12 heavy (non-hydrogen) atoms. The Kier molecular flexibility index (Phi) is 2.09. The Balaban J connectivity index is 1.92. The molecule has 0 amide bonds. The molecule has 3 aliphatic rings. The molecule has 2 nitrogen and oxygen atoms in total. The van der Waals surface area contributed by atoms with Crippen molar-refractivity contribution < 1.29 is 0 Å². The van der Waals surface area contributed by atoms with E-state index < -0.39 is 0 Å². The van der Waals surface area contributed by atoms with Crippen molar-refractivity contribution in [2.45, 2.75) is 37.8 Å². The number of nitrogens with zero attached hydrogens (tertiary/aromatic N) is 1. The largest absolute Gasteiger partial charge is 0.368 e. The maximum Gasteiger partial charge on any atom is 0.0347 e. The molecule has 0 spiro atoms. The quantitative estimate of drug-likeness (QED) is 0.680. The average molecular weight is 166 g/mol. The first kappa shape index (κ1) is 8.11. The van der Waals surface area contributed by atoms with E-state index in [2.05, 4.69) is 16.8 Å². The van der Waals surface area contributed by atoms with Crippen LogP contribution in [-0.2, 0) is 0 Å². The van der Waals surface area contributed by atoms with Gasteiger partial charge >= 0.3 is 0 Å². The zero-order valence-corrected chi connectivity index (χ0v) is 7.84. The highest BCUT2D eigenvalue weighted by Gasteiger charge is 2.41. The van der Waals surface area contributed by atoms with Gasteiger partial charge in [0, 0.05) is 24.3 Å². The fourth-order valence-electron chi connectivity index (χ4n) is 2.62. The molecule has 2 aliphatic heterocycles. The van der Waals surface area contributed by atoms with E-state index in [0.29, 0.717) is 0 Å². The lowest BCUT2D eigenvalue weighted by atomic mass is 9.79. The van der Waals surface area contributed by atoms with Gasteiger partial charge in [0.2, 0.25) is 0 Å². The van der Waals surface area contributed by atoms with Gasteiger partial charge in [-0.15, -0.1) is 0 Å². The number of nitrogens with one attached hydrogen (secondary N) is 1. The maximum absolute atomic E-state index is 4.11. The van der Waals surface area contributed by atoms with Gasteiger partial charge in [-0.2, -0.15) is 0 Å². The maximum atomic E-state index is 4.11. The van der Waals surface area contributed by atoms with Crippen molar-refractivity contribution in [3.63, 3.8) is 0 Å². The van der Waals surface area contributed by atoms with Gasteiger partial charge in [-0.1, -0.05) is 6.58 Å². The van der Waals surface area contributed by atoms with Crippen molar-refractivity contribution in [2.75, 3.05) is 13.6 Å². The van der Waals surface area contributed by atoms with Gasteiger partial charge in [0.05, 0.1) is 0 Å². The average Bonchev–Trinajstić information content (AvgIpc) is 2.05. The predicted octanol–water partition coefficient (Wildman–Crippen LogP) is 1.35. The van der Waals surface area contributed by atoms with E-state index in [-0.39, 0.29) is 0 Å². The van der Waals surface area contributed by atoms with Crippen molar-refractivity contribution >= 4 is 0 Å². The molecule has 1 N–H and O–H groups in total. The van der Waals surface area contributed by atoms with E-state index in [1.807, 2.05) is 7.05 Å². The fraction of sp³-hybridized carbons (Fsp3) is 0.800. The number of hydrogen-bond donors (Lipinski definition) is 1. The highest BCUT2D eigenvalue weighted by molar-refractivity contribution is 5.10. The van der Waals surface area contributed by atoms with Crippen LogP contribution >= 0.6 is 0 Å². The summed E-state index contributed by atoms with van der Waals surface area (Å²) in [7, 11) is 1.99. The van der Waals surface area contributed by atoms with E-state index in [1.54, 1.807) is 0 Å². The Labute approximate surface area is 74.6 Å². The number of rotatable bonds is 3. The summed E-state index contributed by atoms with van der Waals surface area (Å²) in [6.07, 6.45) is 5.62. The monoisotopic (exact) mass is 166 g/mol. The smallest absolute Gasteiger partial charge is 0.0347 e. The minimum absolute atomic E-state index is 0.838. The topological polar surface area (TPSA) is 15.3 Å². The molecule has 1 aliphatic carbocycles. The first-order chi connectivity index (χ1) is 5.83. The second-order valence-corrected chi connectivity index (χ2v) is 3.98. The highest BCUT2D eigenvalue weighted by Crippen LogP contribution is 2.40. The van der Waals surface area contributed by atoms with E-state index in [4.69, 9.17) is 0 Å². The molecule has 0 aromatic carbocycles. The van der Waals surface area contributed by atoms with Gasteiger partial charge in [-0.05, 0) is 32.7 Å². The Morgan fingerprint density at radius 3 is 2.67 bits per heavy atom. The third-order valence-electron chi connectivity index (χ3n) is 3.15. The SMILES string of the molecule is C=C(CNC)N1C2CCCC1C2. The standard InChI is InChI=1S/C10H18N2/c1-8(7-11-2)12-9-4-3-5-10(12)6-9/h9-11H,1,3-7H2,2H3. The van der Waals surface area contributed by atoms with E-state index in [0.717, 1.165) is 18.6 Å². The van der Waals surface area contributed by atoms with Crippen LogP contribution in [0.4, 0.5) is 0 Å². The van der Waals surface area contributed by atoms with Gasteiger partial charge in [-0.3, -0.25) is 0 Å². The van der Waals surface area contributed by atoms with Gasteiger partial charge in [0.15, 0.2) is 0 Å². The first-order valence-corrected chi connectivity index (χ1v) is 4.93. The van der Waals surface area contributed by atoms with Crippen LogP contribution in [0.5, 0.6) is 0 Å². The van der Waals surface area contributed by atoms with Crippen molar-refractivity contribution in [2.24, 2.45) is 0 Å². The summed E-state index contributed by atoms with van der Waals surface area (Å²) in [5.41, 5.74) is 1.29. The molecule has 3 fully saturated rings. The molecular formula is C10H18N2. The van der Waals surface area contributed by atoms with Crippen LogP contribution in [0.15, 0.2) is 12.3 Å². The Morgan fingerprint density at radius 1 is 1.50 bits per heavy atom. The molecular weight excluding hydrogens is 148 g/mol. The van der Waals surface area contributed by atoms with Crippen LogP contribution in [0.2, 0.25) is 0 Å². The molecule has 2 heteroatoms. The molecule has 0 radical (unpaired) electrons. The van der Waals surface area contributed by atoms with Crippen LogP contribution in [0.25, 0.3) is 0 Å². The Bertz CT molecular complexity index is 174. The minimum atomic E-state index is 0.838. The van der Waals surface area contributed by atoms with E-state index in [1.165, 1.54) is 31.4 Å². The van der Waals surface area contributed by atoms with Crippen LogP contribution < -0.4 is 5.32 Å². The first-order valence-electron chi connectivity index (χ1n) is 4.93. The van der Waals surface area contributed by atoms with Crippen molar-refractivity contribution in [3.05, 3.63) is 12.3 Å². The number of piperidine rings is 1. The lowest BCUT2D eigenvalue weighted by Gasteiger charge is -2.55. The van der Waals surface area contributed by atoms with E-state index >= 15 is 0 Å². The molecule has 1 saturated carbocycles. The molecule has 2 heterocycles. The van der Waals surface area contributed by atoms with Crippen LogP contribution in [0.1, 0.15) is 25.7 Å². The third kappa shape index (κ3) is 1.14. The van der Waals surface area contributed by atoms with Crippen molar-refractivity contribution in [1.82, 2.24) is 10.2 Å². The summed E-state index contributed by atoms with van der Waals surface area (Å²) in [6, 6.07) is 1.68. The zero-order chi connectivity index (χ0) is 8.55. The fourth-order valence-corrected chi connectivity index (χ4v) is 2.62. The summed E-state index contributed by atoms with van der Waals surface area (Å²) >= 11 is 0. The highest BCUT2D eigenvalue weighted by atomic mass is 15.3. The summed E-state index contributed by atoms with van der Waals surface area (Å²) in [5, 5.41) is 3.16. The summed E-state index contributed by atoms with van der Waals surface area (Å²) in [4.78, 5) is 2.53. The predicted molar refractivity (Wildman–Crippen MR) is 50.9 cm³/mol. The second kappa shape index (κ2) is 3.09. The van der Waals surface area contributed by atoms with Crippen LogP contribution in [0, 0.1) is 0 Å². The van der Waals surface area contributed by atoms with Gasteiger partial charge in [0.1, 0.15) is 0 Å². The normalized spacial score (nSPS) is 32.9. The van der Waals surface area contributed by atoms with Crippen molar-refractivity contribution in [3.8, 4) is 0 Å². The lowest BCUT2D eigenvalue weighted by Crippen LogP contribution is -2.58. The van der Waals surface area contributed by atoms with Crippen molar-refractivity contribution in [1.29, 1.82) is 0 Å². The number of fused-ring (bicyclic) bond motifs is 2. The van der Waals surface area contributed by atoms with Crippen LogP contribution in [-0.4, -0.2) is 30.6 Å². The molecule has 2 bridgehead atoms. The van der Waals surface area contributed by atoms with E-state index in [9.17, 15) is 0 Å². The van der Waals surface area contributed by atoms with Gasteiger partial charge in [-0.25, -0.2) is 0 Å². The Hall–Kier alpha value is -0.500. The summed E-state index contributed by atoms with van der Waals surface area (Å²) < 4.78 is 0. The summed E-state index contributed by atoms with van der Waals surface area (Å²) in [5.74, 6) is 0. The zero-order valence-electron chi connectivity index (χ0n) is 7.84. The van der Waals surface area contributed by atoms with Crippen LogP contribution in [0.3, 0.4) is 0 Å². The van der Waals surface area contributed by atoms with Gasteiger partial charge in [0.25, 0.3) is 0 Å². The van der Waals surface area contributed by atoms with Gasteiger partial charge < -0.3 is 10.2 Å². The molecule has 68 valence electrons. The molecule has 2 atom stereocenters. The number of hydrogen-bond acceptors (Lipinski definition) is 2. The lowest BCUT2D eigenvalue weighted by molar-refractivity contribution is 0.00443. The molecule has 3 rings (SSSR count). The minimum Gasteiger partial charge on any atom is -0.368 e.